The highest BCUT2D eigenvalue weighted by Crippen LogP contribution is 2.45. The molecule has 22 heavy (non-hydrogen) atoms. The predicted molar refractivity (Wildman–Crippen MR) is 90.3 cm³/mol. The number of nitrogen functional groups attached to an aromatic ring is 1. The summed E-state index contributed by atoms with van der Waals surface area (Å²) in [5.41, 5.74) is 5.96. The number of hydrogen-bond donors (Lipinski definition) is 3. The second-order valence-electron chi connectivity index (χ2n) is 6.58. The van der Waals surface area contributed by atoms with Gasteiger partial charge in [-0.05, 0) is 47.9 Å². The number of thiophene rings is 1. The highest BCUT2D eigenvalue weighted by atomic mass is 32.1. The first-order valence-corrected chi connectivity index (χ1v) is 8.18. The van der Waals surface area contributed by atoms with Gasteiger partial charge in [-0.2, -0.15) is 0 Å². The van der Waals surface area contributed by atoms with Gasteiger partial charge in [-0.15, -0.1) is 11.3 Å². The van der Waals surface area contributed by atoms with E-state index in [0.29, 0.717) is 5.56 Å². The number of hydrogen-bond acceptors (Lipinski definition) is 4. The molecule has 3 rings (SSSR count). The van der Waals surface area contributed by atoms with E-state index in [1.54, 1.807) is 11.3 Å². The first kappa shape index (κ1) is 15.1. The minimum Gasteiger partial charge on any atom is -0.478 e. The van der Waals surface area contributed by atoms with Crippen LogP contribution in [0.3, 0.4) is 0 Å². The van der Waals surface area contributed by atoms with Crippen molar-refractivity contribution in [2.45, 2.75) is 33.1 Å². The number of carboxylic acids is 1. The first-order valence-electron chi connectivity index (χ1n) is 7.36. The van der Waals surface area contributed by atoms with Crippen molar-refractivity contribution >= 4 is 23.0 Å². The zero-order valence-electron chi connectivity index (χ0n) is 12.8. The summed E-state index contributed by atoms with van der Waals surface area (Å²) in [6.45, 7) is 4.41. The van der Waals surface area contributed by atoms with E-state index in [4.69, 9.17) is 5.84 Å². The molecule has 0 bridgehead atoms. The van der Waals surface area contributed by atoms with Crippen molar-refractivity contribution in [3.63, 3.8) is 0 Å². The van der Waals surface area contributed by atoms with E-state index in [0.717, 1.165) is 41.0 Å². The molecule has 1 heterocycles. The molecule has 2 aromatic rings. The van der Waals surface area contributed by atoms with Gasteiger partial charge in [0, 0.05) is 15.4 Å². The molecule has 4 N–H and O–H groups in total. The van der Waals surface area contributed by atoms with E-state index in [2.05, 4.69) is 19.3 Å². The Balaban J connectivity index is 2.16. The number of rotatable bonds is 3. The van der Waals surface area contributed by atoms with Crippen LogP contribution in [0, 0.1) is 5.41 Å². The molecule has 1 aliphatic rings. The maximum Gasteiger partial charge on any atom is 0.337 e. The third kappa shape index (κ3) is 2.62. The van der Waals surface area contributed by atoms with Crippen LogP contribution in [0.15, 0.2) is 24.3 Å². The van der Waals surface area contributed by atoms with E-state index < -0.39 is 5.97 Å². The van der Waals surface area contributed by atoms with Gasteiger partial charge in [0.05, 0.1) is 5.56 Å². The van der Waals surface area contributed by atoms with Crippen LogP contribution < -0.4 is 11.3 Å². The Morgan fingerprint density at radius 1 is 1.41 bits per heavy atom. The molecule has 1 aromatic carbocycles. The number of hydrazine groups is 1. The third-order valence-corrected chi connectivity index (χ3v) is 5.62. The average Bonchev–Trinajstić information content (AvgIpc) is 2.84. The zero-order valence-corrected chi connectivity index (χ0v) is 13.6. The molecule has 0 unspecified atom stereocenters. The molecule has 4 nitrogen and oxygen atoms in total. The number of nitrogens with two attached hydrogens (primary N) is 1. The summed E-state index contributed by atoms with van der Waals surface area (Å²) in [5.74, 6) is 4.63. The maximum atomic E-state index is 11.9. The summed E-state index contributed by atoms with van der Waals surface area (Å²) in [5, 5.41) is 9.73. The fraction of sp³-hybridized carbons (Fsp3) is 0.353. The minimum absolute atomic E-state index is 0.163. The summed E-state index contributed by atoms with van der Waals surface area (Å²) in [6.07, 6.45) is 2.89. The number of carboxylic acid groups (broad SMARTS) is 1. The summed E-state index contributed by atoms with van der Waals surface area (Å²) in [4.78, 5) is 13.9. The second kappa shape index (κ2) is 5.41. The van der Waals surface area contributed by atoms with Crippen LogP contribution >= 0.6 is 11.3 Å². The van der Waals surface area contributed by atoms with Crippen LogP contribution in [-0.4, -0.2) is 11.1 Å². The molecule has 0 saturated carbocycles. The summed E-state index contributed by atoms with van der Waals surface area (Å²) < 4.78 is 0. The quantitative estimate of drug-likeness (QED) is 0.593. The van der Waals surface area contributed by atoms with E-state index in [9.17, 15) is 9.90 Å². The van der Waals surface area contributed by atoms with Crippen LogP contribution in [0.25, 0.3) is 10.4 Å². The monoisotopic (exact) mass is 316 g/mol. The number of nitrogens with one attached hydrogen (secondary N) is 1. The fourth-order valence-corrected chi connectivity index (χ4v) is 4.41. The Hall–Kier alpha value is -1.85. The highest BCUT2D eigenvalue weighted by molar-refractivity contribution is 7.16. The van der Waals surface area contributed by atoms with Crippen molar-refractivity contribution < 1.29 is 9.90 Å². The van der Waals surface area contributed by atoms with Crippen molar-refractivity contribution in [3.05, 3.63) is 40.3 Å². The predicted octanol–water partition coefficient (Wildman–Crippen LogP) is 3.91. The molecular formula is C17H20N2O2S. The van der Waals surface area contributed by atoms with Gasteiger partial charge in [0.15, 0.2) is 0 Å². The van der Waals surface area contributed by atoms with Crippen LogP contribution in [0.4, 0.5) is 5.69 Å². The van der Waals surface area contributed by atoms with Gasteiger partial charge < -0.3 is 10.5 Å². The molecule has 0 amide bonds. The van der Waals surface area contributed by atoms with Crippen molar-refractivity contribution in [2.75, 3.05) is 5.43 Å². The average molecular weight is 316 g/mol. The molecule has 5 heteroatoms. The lowest BCUT2D eigenvalue weighted by molar-refractivity contribution is 0.0696. The molecule has 0 fully saturated rings. The molecule has 0 radical (unpaired) electrons. The number of anilines is 1. The molecule has 1 aliphatic carbocycles. The fourth-order valence-electron chi connectivity index (χ4n) is 3.10. The van der Waals surface area contributed by atoms with Gasteiger partial charge in [0.25, 0.3) is 0 Å². The molecule has 1 aromatic heterocycles. The Labute approximate surface area is 133 Å². The number of carbonyl (C=O) groups is 1. The SMILES string of the molecule is CC1(C)CCc2sc(-c3cccc(NN)c3)c(C(=O)O)c2C1. The van der Waals surface area contributed by atoms with Gasteiger partial charge in [0.2, 0.25) is 0 Å². The van der Waals surface area contributed by atoms with Gasteiger partial charge in [0.1, 0.15) is 0 Å². The summed E-state index contributed by atoms with van der Waals surface area (Å²) in [7, 11) is 0. The van der Waals surface area contributed by atoms with Crippen molar-refractivity contribution in [2.24, 2.45) is 11.3 Å². The lowest BCUT2D eigenvalue weighted by Gasteiger charge is -2.29. The Bertz CT molecular complexity index is 734. The van der Waals surface area contributed by atoms with Crippen molar-refractivity contribution in [3.8, 4) is 10.4 Å². The smallest absolute Gasteiger partial charge is 0.337 e. The van der Waals surface area contributed by atoms with E-state index in [1.165, 1.54) is 4.88 Å². The number of fused-ring (bicyclic) bond motifs is 1. The Kier molecular flexibility index (Phi) is 3.70. The van der Waals surface area contributed by atoms with Gasteiger partial charge >= 0.3 is 5.97 Å². The standard InChI is InChI=1S/C17H20N2O2S/c1-17(2)7-6-13-12(9-17)14(16(20)21)15(22-13)10-4-3-5-11(8-10)19-18/h3-5,8,19H,6-7,9,18H2,1-2H3,(H,20,21). The van der Waals surface area contributed by atoms with E-state index >= 15 is 0 Å². The van der Waals surface area contributed by atoms with Crippen LogP contribution in [0.5, 0.6) is 0 Å². The minimum atomic E-state index is -0.837. The molecular weight excluding hydrogens is 296 g/mol. The largest absolute Gasteiger partial charge is 0.478 e. The highest BCUT2D eigenvalue weighted by Gasteiger charge is 2.32. The van der Waals surface area contributed by atoms with Gasteiger partial charge in [-0.1, -0.05) is 26.0 Å². The van der Waals surface area contributed by atoms with Crippen LogP contribution in [0.2, 0.25) is 0 Å². The lowest BCUT2D eigenvalue weighted by atomic mass is 9.76. The lowest BCUT2D eigenvalue weighted by Crippen LogP contribution is -2.22. The topological polar surface area (TPSA) is 75.3 Å². The number of aromatic carboxylic acids is 1. The molecule has 0 saturated heterocycles. The van der Waals surface area contributed by atoms with Gasteiger partial charge in [-0.3, -0.25) is 5.84 Å². The maximum absolute atomic E-state index is 11.9. The zero-order chi connectivity index (χ0) is 15.9. The normalized spacial score (nSPS) is 16.1. The third-order valence-electron chi connectivity index (χ3n) is 4.28. The molecule has 0 spiro atoms. The van der Waals surface area contributed by atoms with Crippen molar-refractivity contribution in [1.29, 1.82) is 0 Å². The molecule has 0 aliphatic heterocycles. The summed E-state index contributed by atoms with van der Waals surface area (Å²) >= 11 is 1.61. The summed E-state index contributed by atoms with van der Waals surface area (Å²) in [6, 6.07) is 7.59. The van der Waals surface area contributed by atoms with Crippen LogP contribution in [0.1, 0.15) is 41.1 Å². The van der Waals surface area contributed by atoms with Crippen molar-refractivity contribution in [1.82, 2.24) is 0 Å². The Morgan fingerprint density at radius 3 is 2.86 bits per heavy atom. The first-order chi connectivity index (χ1) is 10.4. The number of benzene rings is 1. The molecule has 0 atom stereocenters. The van der Waals surface area contributed by atoms with Gasteiger partial charge in [-0.25, -0.2) is 4.79 Å². The Morgan fingerprint density at radius 2 is 2.18 bits per heavy atom. The van der Waals surface area contributed by atoms with Crippen LogP contribution in [-0.2, 0) is 12.8 Å². The number of aryl methyl sites for hydroxylation is 1. The van der Waals surface area contributed by atoms with E-state index in [-0.39, 0.29) is 5.41 Å². The van der Waals surface area contributed by atoms with E-state index in [1.807, 2.05) is 24.3 Å². The second-order valence-corrected chi connectivity index (χ2v) is 7.68. The molecule has 116 valence electrons.